The maximum atomic E-state index is 13.2. The van der Waals surface area contributed by atoms with Gasteiger partial charge in [-0.1, -0.05) is 24.5 Å². The number of nitrogens with zero attached hydrogens (tertiary/aromatic N) is 3. The molecule has 1 aromatic rings. The number of amides is 2. The molecule has 0 bridgehead atoms. The molecule has 1 fully saturated rings. The third kappa shape index (κ3) is 4.73. The number of aromatic nitrogens is 2. The molecule has 0 aromatic carbocycles. The van der Waals surface area contributed by atoms with Crippen LogP contribution in [0.2, 0.25) is 0 Å². The van der Waals surface area contributed by atoms with Crippen LogP contribution in [0.5, 0.6) is 0 Å². The average molecular weight is 399 g/mol. The van der Waals surface area contributed by atoms with Gasteiger partial charge < -0.3 is 14.8 Å². The van der Waals surface area contributed by atoms with Crippen molar-refractivity contribution in [2.45, 2.75) is 83.6 Å². The van der Waals surface area contributed by atoms with Gasteiger partial charge in [-0.3, -0.25) is 9.59 Å². The summed E-state index contributed by atoms with van der Waals surface area (Å²) in [5.41, 5.74) is 2.88. The summed E-state index contributed by atoms with van der Waals surface area (Å²) in [6.07, 6.45) is 15.5. The normalized spacial score (nSPS) is 19.9. The number of carbonyl (C=O) groups is 2. The number of hydrogen-bond donors (Lipinski definition) is 1. The Morgan fingerprint density at radius 2 is 1.69 bits per heavy atom. The topological polar surface area (TPSA) is 67.2 Å². The molecule has 1 aliphatic carbocycles. The number of imidazole rings is 1. The number of hydrogen-bond acceptors (Lipinski definition) is 3. The largest absolute Gasteiger partial charge is 0.350 e. The van der Waals surface area contributed by atoms with E-state index in [1.807, 2.05) is 9.47 Å². The van der Waals surface area contributed by atoms with E-state index in [1.54, 1.807) is 0 Å². The summed E-state index contributed by atoms with van der Waals surface area (Å²) in [6, 6.07) is 0. The summed E-state index contributed by atoms with van der Waals surface area (Å²) < 4.78 is 2.02. The van der Waals surface area contributed by atoms with E-state index in [-0.39, 0.29) is 11.8 Å². The van der Waals surface area contributed by atoms with E-state index >= 15 is 0 Å². The maximum Gasteiger partial charge on any atom is 0.289 e. The predicted molar refractivity (Wildman–Crippen MR) is 113 cm³/mol. The Balaban J connectivity index is 1.47. The molecule has 6 heteroatoms. The van der Waals surface area contributed by atoms with Crippen LogP contribution in [0.3, 0.4) is 0 Å². The fourth-order valence-corrected chi connectivity index (χ4v) is 4.86. The van der Waals surface area contributed by atoms with E-state index in [4.69, 9.17) is 0 Å². The summed E-state index contributed by atoms with van der Waals surface area (Å²) >= 11 is 0. The summed E-state index contributed by atoms with van der Waals surface area (Å²) in [5.74, 6) is 0.352. The van der Waals surface area contributed by atoms with Crippen molar-refractivity contribution in [3.05, 3.63) is 28.9 Å². The fourth-order valence-electron chi connectivity index (χ4n) is 4.86. The van der Waals surface area contributed by atoms with Crippen LogP contribution < -0.4 is 5.32 Å². The van der Waals surface area contributed by atoms with Gasteiger partial charge in [0.15, 0.2) is 5.82 Å². The molecule has 3 aliphatic rings. The third-order valence-electron chi connectivity index (χ3n) is 6.53. The van der Waals surface area contributed by atoms with Crippen molar-refractivity contribution in [3.63, 3.8) is 0 Å². The van der Waals surface area contributed by atoms with Crippen LogP contribution in [-0.2, 0) is 13.0 Å². The first-order valence-electron chi connectivity index (χ1n) is 11.6. The van der Waals surface area contributed by atoms with Crippen LogP contribution in [0, 0.1) is 0 Å². The Bertz CT molecular complexity index is 772. The molecule has 0 spiro atoms. The van der Waals surface area contributed by atoms with Gasteiger partial charge in [0.05, 0.1) is 5.69 Å². The van der Waals surface area contributed by atoms with Crippen LogP contribution in [0.15, 0.2) is 11.6 Å². The van der Waals surface area contributed by atoms with E-state index in [2.05, 4.69) is 16.4 Å². The second-order valence-corrected chi connectivity index (χ2v) is 8.66. The van der Waals surface area contributed by atoms with Gasteiger partial charge in [-0.25, -0.2) is 4.98 Å². The summed E-state index contributed by atoms with van der Waals surface area (Å²) in [5, 5.41) is 3.06. The minimum absolute atomic E-state index is 0.00135. The lowest BCUT2D eigenvalue weighted by atomic mass is 9.97. The van der Waals surface area contributed by atoms with Crippen LogP contribution in [0.4, 0.5) is 0 Å². The molecule has 1 N–H and O–H groups in total. The first-order valence-corrected chi connectivity index (χ1v) is 11.6. The van der Waals surface area contributed by atoms with Gasteiger partial charge in [0.2, 0.25) is 0 Å². The molecule has 4 rings (SSSR count). The summed E-state index contributed by atoms with van der Waals surface area (Å²) in [4.78, 5) is 32.6. The number of nitrogens with one attached hydrogen (secondary N) is 1. The highest BCUT2D eigenvalue weighted by Crippen LogP contribution is 2.23. The van der Waals surface area contributed by atoms with Crippen LogP contribution in [0.1, 0.15) is 97.4 Å². The van der Waals surface area contributed by atoms with Gasteiger partial charge in [0, 0.05) is 26.2 Å². The Morgan fingerprint density at radius 1 is 0.931 bits per heavy atom. The number of allylic oxidation sites excluding steroid dienone is 1. The molecule has 2 aliphatic heterocycles. The zero-order valence-corrected chi connectivity index (χ0v) is 17.5. The lowest BCUT2D eigenvalue weighted by Gasteiger charge is -2.22. The number of carbonyl (C=O) groups excluding carboxylic acids is 2. The maximum absolute atomic E-state index is 13.2. The second kappa shape index (κ2) is 9.59. The minimum atomic E-state index is -0.123. The molecule has 3 heterocycles. The van der Waals surface area contributed by atoms with E-state index in [1.165, 1.54) is 37.7 Å². The van der Waals surface area contributed by atoms with Crippen molar-refractivity contribution in [2.24, 2.45) is 0 Å². The minimum Gasteiger partial charge on any atom is -0.350 e. The van der Waals surface area contributed by atoms with Crippen molar-refractivity contribution in [1.29, 1.82) is 0 Å². The van der Waals surface area contributed by atoms with E-state index < -0.39 is 0 Å². The molecular formula is C23H34N4O2. The Morgan fingerprint density at radius 3 is 2.45 bits per heavy atom. The predicted octanol–water partition coefficient (Wildman–Crippen LogP) is 3.86. The zero-order valence-electron chi connectivity index (χ0n) is 17.5. The summed E-state index contributed by atoms with van der Waals surface area (Å²) in [6.45, 7) is 3.04. The monoisotopic (exact) mass is 398 g/mol. The van der Waals surface area contributed by atoms with Gasteiger partial charge in [0.25, 0.3) is 11.8 Å². The molecule has 0 atom stereocenters. The smallest absolute Gasteiger partial charge is 0.289 e. The SMILES string of the molecule is O=C(NCCC1=CCCCC1)c1nc(C(=O)N2CCCCCC2)n2c1CCCC2. The second-order valence-electron chi connectivity index (χ2n) is 8.66. The molecule has 6 nitrogen and oxygen atoms in total. The lowest BCUT2D eigenvalue weighted by molar-refractivity contribution is 0.0743. The van der Waals surface area contributed by atoms with Crippen molar-refractivity contribution >= 4 is 11.8 Å². The highest BCUT2D eigenvalue weighted by molar-refractivity contribution is 5.97. The number of likely N-dealkylation sites (tertiary alicyclic amines) is 1. The van der Waals surface area contributed by atoms with E-state index in [0.717, 1.165) is 70.3 Å². The molecule has 158 valence electrons. The van der Waals surface area contributed by atoms with Crippen molar-refractivity contribution < 1.29 is 9.59 Å². The molecule has 1 saturated heterocycles. The van der Waals surface area contributed by atoms with Gasteiger partial charge in [0.1, 0.15) is 5.69 Å². The third-order valence-corrected chi connectivity index (χ3v) is 6.53. The standard InChI is InChI=1S/C23H34N4O2/c28-22(24-14-13-18-10-4-3-5-11-18)20-19-12-6-9-17-27(19)21(25-20)23(29)26-15-7-1-2-8-16-26/h10H,1-9,11-17H2,(H,24,28). The first-order chi connectivity index (χ1) is 14.2. The molecule has 2 amide bonds. The van der Waals surface area contributed by atoms with Gasteiger partial charge in [-0.2, -0.15) is 0 Å². The van der Waals surface area contributed by atoms with Crippen LogP contribution in [-0.4, -0.2) is 45.9 Å². The van der Waals surface area contributed by atoms with Crippen molar-refractivity contribution in [2.75, 3.05) is 19.6 Å². The Labute approximate surface area is 173 Å². The fraction of sp³-hybridized carbons (Fsp3) is 0.696. The van der Waals surface area contributed by atoms with E-state index in [9.17, 15) is 9.59 Å². The average Bonchev–Trinajstić information content (AvgIpc) is 2.93. The lowest BCUT2D eigenvalue weighted by Crippen LogP contribution is -2.34. The Kier molecular flexibility index (Phi) is 6.67. The molecule has 1 aromatic heterocycles. The van der Waals surface area contributed by atoms with Crippen LogP contribution in [0.25, 0.3) is 0 Å². The highest BCUT2D eigenvalue weighted by atomic mass is 16.2. The highest BCUT2D eigenvalue weighted by Gasteiger charge is 2.30. The number of rotatable bonds is 5. The molecule has 29 heavy (non-hydrogen) atoms. The molecule has 0 radical (unpaired) electrons. The summed E-state index contributed by atoms with van der Waals surface area (Å²) in [7, 11) is 0. The van der Waals surface area contributed by atoms with Gasteiger partial charge in [-0.15, -0.1) is 0 Å². The first kappa shape index (κ1) is 20.2. The zero-order chi connectivity index (χ0) is 20.1. The van der Waals surface area contributed by atoms with Crippen molar-refractivity contribution in [3.8, 4) is 0 Å². The van der Waals surface area contributed by atoms with Crippen molar-refractivity contribution in [1.82, 2.24) is 19.8 Å². The number of fused-ring (bicyclic) bond motifs is 1. The molecule has 0 unspecified atom stereocenters. The van der Waals surface area contributed by atoms with Gasteiger partial charge in [-0.05, 0) is 64.2 Å². The van der Waals surface area contributed by atoms with Gasteiger partial charge >= 0.3 is 0 Å². The van der Waals surface area contributed by atoms with Crippen LogP contribution >= 0.6 is 0 Å². The Hall–Kier alpha value is -2.11. The molecular weight excluding hydrogens is 364 g/mol. The molecule has 0 saturated carbocycles. The van der Waals surface area contributed by atoms with E-state index in [0.29, 0.717) is 18.1 Å². The quantitative estimate of drug-likeness (QED) is 0.766.